The normalized spacial score (nSPS) is 18.0. The van der Waals surface area contributed by atoms with Crippen LogP contribution in [0.5, 0.6) is 0 Å². The average Bonchev–Trinajstić information content (AvgIpc) is 3.67. The van der Waals surface area contributed by atoms with Gasteiger partial charge in [0.2, 0.25) is 0 Å². The quantitative estimate of drug-likeness (QED) is 0.199. The molecule has 0 fully saturated rings. The summed E-state index contributed by atoms with van der Waals surface area (Å²) in [6.45, 7) is 0. The van der Waals surface area contributed by atoms with E-state index < -0.39 is 0 Å². The van der Waals surface area contributed by atoms with Crippen LogP contribution >= 0.6 is 0 Å². The number of rotatable bonds is 4. The molecule has 0 amide bonds. The summed E-state index contributed by atoms with van der Waals surface area (Å²) < 4.78 is 2.24. The molecule has 2 aliphatic carbocycles. The molecule has 2 atom stereocenters. The fourth-order valence-corrected chi connectivity index (χ4v) is 8.12. The number of allylic oxidation sites excluding steroid dienone is 6. The number of benzene rings is 5. The lowest BCUT2D eigenvalue weighted by molar-refractivity contribution is 0.702. The van der Waals surface area contributed by atoms with Crippen molar-refractivity contribution in [2.45, 2.75) is 24.8 Å². The average molecular weight is 615 g/mol. The van der Waals surface area contributed by atoms with E-state index in [1.807, 2.05) is 18.2 Å². The van der Waals surface area contributed by atoms with Crippen molar-refractivity contribution in [3.05, 3.63) is 174 Å². The van der Waals surface area contributed by atoms with Crippen LogP contribution in [0.25, 0.3) is 44.2 Å². The number of hydrogen-bond donors (Lipinski definition) is 0. The van der Waals surface area contributed by atoms with Crippen LogP contribution in [0, 0.1) is 22.7 Å². The van der Waals surface area contributed by atoms with Gasteiger partial charge >= 0.3 is 0 Å². The van der Waals surface area contributed by atoms with Crippen molar-refractivity contribution in [2.75, 3.05) is 4.90 Å². The van der Waals surface area contributed by atoms with E-state index in [1.54, 1.807) is 0 Å². The second-order valence-electron chi connectivity index (χ2n) is 12.6. The second kappa shape index (κ2) is 11.2. The van der Waals surface area contributed by atoms with E-state index in [-0.39, 0.29) is 12.0 Å². The minimum Gasteiger partial charge on any atom is -0.336 e. The monoisotopic (exact) mass is 614 g/mol. The molecule has 0 N–H and O–H groups in total. The molecule has 9 rings (SSSR count). The zero-order valence-electron chi connectivity index (χ0n) is 26.2. The topological polar surface area (TPSA) is 55.8 Å². The second-order valence-corrected chi connectivity index (χ2v) is 12.6. The van der Waals surface area contributed by atoms with Gasteiger partial charge in [0, 0.05) is 44.9 Å². The molecule has 2 unspecified atom stereocenters. The lowest BCUT2D eigenvalue weighted by Gasteiger charge is -2.34. The van der Waals surface area contributed by atoms with Crippen molar-refractivity contribution >= 4 is 33.1 Å². The van der Waals surface area contributed by atoms with Crippen LogP contribution < -0.4 is 4.90 Å². The number of fused-ring (bicyclic) bond motifs is 6. The maximum absolute atomic E-state index is 10.6. The number of nitriles is 2. The first-order chi connectivity index (χ1) is 23.8. The molecular weight excluding hydrogens is 585 g/mol. The highest BCUT2D eigenvalue weighted by Crippen LogP contribution is 2.50. The molecule has 4 nitrogen and oxygen atoms in total. The van der Waals surface area contributed by atoms with Gasteiger partial charge in [0.1, 0.15) is 0 Å². The van der Waals surface area contributed by atoms with Crippen LogP contribution in [-0.2, 0) is 0 Å². The van der Waals surface area contributed by atoms with E-state index in [0.29, 0.717) is 11.1 Å². The molecule has 0 radical (unpaired) electrons. The summed E-state index contributed by atoms with van der Waals surface area (Å²) in [7, 11) is 0. The Balaban J connectivity index is 1.24. The Labute approximate surface area is 279 Å². The van der Waals surface area contributed by atoms with Crippen LogP contribution in [-0.4, -0.2) is 10.6 Å². The Morgan fingerprint density at radius 2 is 1.33 bits per heavy atom. The molecule has 5 aromatic carbocycles. The van der Waals surface area contributed by atoms with E-state index >= 15 is 0 Å². The van der Waals surface area contributed by atoms with Gasteiger partial charge < -0.3 is 9.47 Å². The Morgan fingerprint density at radius 1 is 0.646 bits per heavy atom. The Hall–Kier alpha value is -6.36. The maximum Gasteiger partial charge on any atom is 0.0998 e. The van der Waals surface area contributed by atoms with Gasteiger partial charge in [-0.05, 0) is 59.9 Å². The Bertz CT molecular complexity index is 2450. The largest absolute Gasteiger partial charge is 0.336 e. The van der Waals surface area contributed by atoms with Crippen molar-refractivity contribution in [3.8, 4) is 29.0 Å². The summed E-state index contributed by atoms with van der Waals surface area (Å²) in [5.41, 5.74) is 11.8. The van der Waals surface area contributed by atoms with E-state index in [2.05, 4.69) is 149 Å². The van der Waals surface area contributed by atoms with E-state index in [4.69, 9.17) is 0 Å². The van der Waals surface area contributed by atoms with Crippen LogP contribution in [0.2, 0.25) is 0 Å². The molecule has 1 aromatic heterocycles. The molecule has 4 heteroatoms. The van der Waals surface area contributed by atoms with Gasteiger partial charge in [-0.1, -0.05) is 115 Å². The van der Waals surface area contributed by atoms with Crippen LogP contribution in [0.1, 0.15) is 35.4 Å². The highest BCUT2D eigenvalue weighted by molar-refractivity contribution is 6.09. The van der Waals surface area contributed by atoms with Gasteiger partial charge in [-0.3, -0.25) is 0 Å². The van der Waals surface area contributed by atoms with Gasteiger partial charge in [0.25, 0.3) is 0 Å². The first-order valence-electron chi connectivity index (χ1n) is 16.5. The molecule has 0 saturated heterocycles. The van der Waals surface area contributed by atoms with Crippen molar-refractivity contribution in [2.24, 2.45) is 0 Å². The lowest BCUT2D eigenvalue weighted by Crippen LogP contribution is -2.33. The molecule has 2 heterocycles. The SMILES string of the molecule is N#CC1=CCCC(N2c3ccccc3C3C=CC=CC32)=C1c1ccccc1-c1ccc(-n2c3ccccc3c3ccccc32)cc1C#N. The van der Waals surface area contributed by atoms with Gasteiger partial charge in [0.15, 0.2) is 0 Å². The van der Waals surface area contributed by atoms with Crippen molar-refractivity contribution in [1.82, 2.24) is 4.57 Å². The van der Waals surface area contributed by atoms with Gasteiger partial charge in [0.05, 0.1) is 40.4 Å². The molecular formula is C44H30N4. The molecule has 6 aromatic rings. The number of nitrogens with zero attached hydrogens (tertiary/aromatic N) is 4. The number of hydrogen-bond acceptors (Lipinski definition) is 3. The van der Waals surface area contributed by atoms with Crippen molar-refractivity contribution < 1.29 is 0 Å². The third-order valence-electron chi connectivity index (χ3n) is 10.1. The summed E-state index contributed by atoms with van der Waals surface area (Å²) in [6, 6.07) is 45.2. The molecule has 226 valence electrons. The van der Waals surface area contributed by atoms with Crippen molar-refractivity contribution in [3.63, 3.8) is 0 Å². The number of aromatic nitrogens is 1. The zero-order valence-corrected chi connectivity index (χ0v) is 26.2. The molecule has 3 aliphatic rings. The summed E-state index contributed by atoms with van der Waals surface area (Å²) in [5, 5.41) is 23.5. The van der Waals surface area contributed by atoms with Gasteiger partial charge in [-0.25, -0.2) is 0 Å². The summed E-state index contributed by atoms with van der Waals surface area (Å²) in [6.07, 6.45) is 12.5. The van der Waals surface area contributed by atoms with E-state index in [1.165, 1.54) is 22.0 Å². The minimum absolute atomic E-state index is 0.141. The summed E-state index contributed by atoms with van der Waals surface area (Å²) >= 11 is 0. The standard InChI is InChI=1S/C44H30N4/c45-27-29-12-11-23-43(48-41-21-9-5-16-36(41)37-17-6-10-22-42(37)48)44(29)38-18-2-1-13-33(38)32-25-24-31(26-30(32)28-46)47-39-19-7-3-14-34(39)35-15-4-8-20-40(35)47/h1-10,12-22,24-26,36,41H,11,23H2. The minimum atomic E-state index is 0.141. The van der Waals surface area contributed by atoms with E-state index in [0.717, 1.165) is 57.5 Å². The third-order valence-corrected chi connectivity index (χ3v) is 10.1. The molecule has 1 aliphatic heterocycles. The summed E-state index contributed by atoms with van der Waals surface area (Å²) in [4.78, 5) is 2.47. The zero-order chi connectivity index (χ0) is 32.2. The predicted octanol–water partition coefficient (Wildman–Crippen LogP) is 10.4. The van der Waals surface area contributed by atoms with Gasteiger partial charge in [-0.2, -0.15) is 10.5 Å². The molecule has 0 spiro atoms. The predicted molar refractivity (Wildman–Crippen MR) is 195 cm³/mol. The highest BCUT2D eigenvalue weighted by atomic mass is 15.2. The van der Waals surface area contributed by atoms with Crippen LogP contribution in [0.4, 0.5) is 5.69 Å². The number of anilines is 1. The molecule has 0 bridgehead atoms. The first-order valence-corrected chi connectivity index (χ1v) is 16.5. The van der Waals surface area contributed by atoms with Crippen LogP contribution in [0.15, 0.2) is 157 Å². The Kier molecular flexibility index (Phi) is 6.49. The number of para-hydroxylation sites is 3. The fraction of sp³-hybridized carbons (Fsp3) is 0.0909. The Morgan fingerprint density at radius 3 is 2.10 bits per heavy atom. The van der Waals surface area contributed by atoms with E-state index in [9.17, 15) is 10.5 Å². The van der Waals surface area contributed by atoms with Crippen molar-refractivity contribution in [1.29, 1.82) is 10.5 Å². The first kappa shape index (κ1) is 27.9. The van der Waals surface area contributed by atoms with Gasteiger partial charge in [-0.15, -0.1) is 0 Å². The molecule has 48 heavy (non-hydrogen) atoms. The van der Waals surface area contributed by atoms with Crippen LogP contribution in [0.3, 0.4) is 0 Å². The maximum atomic E-state index is 10.6. The third kappa shape index (κ3) is 4.13. The molecule has 0 saturated carbocycles. The lowest BCUT2D eigenvalue weighted by atomic mass is 9.84. The highest BCUT2D eigenvalue weighted by Gasteiger charge is 2.39. The fourth-order valence-electron chi connectivity index (χ4n) is 8.12. The smallest absolute Gasteiger partial charge is 0.0998 e. The summed E-state index contributed by atoms with van der Waals surface area (Å²) in [5.74, 6) is 0.255.